The maximum atomic E-state index is 12.3. The predicted octanol–water partition coefficient (Wildman–Crippen LogP) is 2.14. The average Bonchev–Trinajstić information content (AvgIpc) is 2.71. The Hall–Kier alpha value is -0.440. The Kier molecular flexibility index (Phi) is 4.88. The van der Waals surface area contributed by atoms with E-state index < -0.39 is 10.0 Å². The predicted molar refractivity (Wildman–Crippen MR) is 82.0 cm³/mol. The van der Waals surface area contributed by atoms with Crippen molar-refractivity contribution in [3.63, 3.8) is 0 Å². The zero-order valence-corrected chi connectivity index (χ0v) is 14.3. The number of sulfonamides is 1. The smallest absolute Gasteiger partial charge is 0.250 e. The number of nitrogens with one attached hydrogen (secondary N) is 1. The zero-order chi connectivity index (χ0) is 14.9. The highest BCUT2D eigenvalue weighted by Crippen LogP contribution is 2.31. The van der Waals surface area contributed by atoms with Gasteiger partial charge in [-0.25, -0.2) is 13.1 Å². The molecular weight excluding hydrogens is 364 g/mol. The topological polar surface area (TPSA) is 89.3 Å². The Morgan fingerprint density at radius 3 is 2.45 bits per heavy atom. The Morgan fingerprint density at radius 2 is 2.00 bits per heavy atom. The normalized spacial score (nSPS) is 23.7. The molecule has 1 aromatic heterocycles. The van der Waals surface area contributed by atoms with E-state index in [1.165, 1.54) is 11.3 Å². The summed E-state index contributed by atoms with van der Waals surface area (Å²) in [7, 11) is -3.48. The van der Waals surface area contributed by atoms with Crippen LogP contribution in [0.4, 0.5) is 0 Å². The summed E-state index contributed by atoms with van der Waals surface area (Å²) in [5.74, 6) is -0.405. The van der Waals surface area contributed by atoms with Gasteiger partial charge in [0, 0.05) is 12.0 Å². The summed E-state index contributed by atoms with van der Waals surface area (Å²) in [6.07, 6.45) is 2.60. The number of thiophene rings is 1. The first-order chi connectivity index (χ1) is 9.29. The second-order valence-corrected chi connectivity index (χ2v) is 9.41. The number of primary amides is 1. The molecule has 3 N–H and O–H groups in total. The summed E-state index contributed by atoms with van der Waals surface area (Å²) < 4.78 is 28.4. The molecule has 0 radical (unpaired) electrons. The number of aryl methyl sites for hydroxylation is 1. The molecule has 1 heterocycles. The zero-order valence-electron chi connectivity index (χ0n) is 11.1. The van der Waals surface area contributed by atoms with Crippen LogP contribution in [0.3, 0.4) is 0 Å². The number of halogens is 1. The lowest BCUT2D eigenvalue weighted by atomic mass is 9.86. The second kappa shape index (κ2) is 6.13. The van der Waals surface area contributed by atoms with Crippen LogP contribution in [-0.4, -0.2) is 20.4 Å². The highest BCUT2D eigenvalue weighted by molar-refractivity contribution is 9.11. The van der Waals surface area contributed by atoms with Crippen molar-refractivity contribution in [3.8, 4) is 0 Å². The van der Waals surface area contributed by atoms with Crippen LogP contribution in [0.5, 0.6) is 0 Å². The molecule has 8 heteroatoms. The van der Waals surface area contributed by atoms with E-state index in [9.17, 15) is 13.2 Å². The number of carbonyl (C=O) groups is 1. The number of carbonyl (C=O) groups excluding carboxylic acids is 1. The number of amides is 1. The van der Waals surface area contributed by atoms with Gasteiger partial charge >= 0.3 is 0 Å². The molecule has 1 aliphatic rings. The lowest BCUT2D eigenvalue weighted by Crippen LogP contribution is -2.39. The largest absolute Gasteiger partial charge is 0.369 e. The van der Waals surface area contributed by atoms with Gasteiger partial charge in [0.15, 0.2) is 0 Å². The first kappa shape index (κ1) is 15.9. The summed E-state index contributed by atoms with van der Waals surface area (Å²) >= 11 is 4.54. The molecule has 1 fully saturated rings. The Bertz CT molecular complexity index is 585. The molecule has 112 valence electrons. The molecule has 1 saturated carbocycles. The van der Waals surface area contributed by atoms with Gasteiger partial charge in [0.25, 0.3) is 0 Å². The summed E-state index contributed by atoms with van der Waals surface area (Å²) in [6, 6.07) is 1.54. The quantitative estimate of drug-likeness (QED) is 0.838. The van der Waals surface area contributed by atoms with Crippen molar-refractivity contribution in [2.45, 2.75) is 42.9 Å². The van der Waals surface area contributed by atoms with Gasteiger partial charge in [-0.3, -0.25) is 4.79 Å². The third-order valence-corrected chi connectivity index (χ3v) is 7.68. The third-order valence-electron chi connectivity index (χ3n) is 3.55. The van der Waals surface area contributed by atoms with Crippen molar-refractivity contribution >= 4 is 43.2 Å². The molecule has 0 aliphatic heterocycles. The lowest BCUT2D eigenvalue weighted by Gasteiger charge is -2.26. The van der Waals surface area contributed by atoms with Gasteiger partial charge in [0.05, 0.1) is 3.79 Å². The van der Waals surface area contributed by atoms with Crippen LogP contribution in [0, 0.1) is 12.8 Å². The molecule has 1 aliphatic carbocycles. The molecule has 0 atom stereocenters. The minimum absolute atomic E-state index is 0.114. The minimum atomic E-state index is -3.48. The van der Waals surface area contributed by atoms with E-state index in [-0.39, 0.29) is 17.9 Å². The van der Waals surface area contributed by atoms with E-state index in [1.54, 1.807) is 6.07 Å². The van der Waals surface area contributed by atoms with Gasteiger partial charge < -0.3 is 5.73 Å². The highest BCUT2D eigenvalue weighted by atomic mass is 79.9. The third kappa shape index (κ3) is 3.60. The van der Waals surface area contributed by atoms with Crippen LogP contribution in [0.1, 0.15) is 31.2 Å². The number of hydrogen-bond acceptors (Lipinski definition) is 4. The maximum Gasteiger partial charge on any atom is 0.250 e. The standard InChI is InChI=1S/C12H17BrN2O3S2/c1-7-6-10(19-11(7)13)20(17,18)15-9-4-2-8(3-5-9)12(14)16/h6,8-9,15H,2-5H2,1H3,(H2,14,16). The van der Waals surface area contributed by atoms with Gasteiger partial charge in [0.2, 0.25) is 15.9 Å². The molecule has 0 unspecified atom stereocenters. The summed E-state index contributed by atoms with van der Waals surface area (Å²) in [6.45, 7) is 1.86. The van der Waals surface area contributed by atoms with Crippen molar-refractivity contribution in [1.82, 2.24) is 4.72 Å². The van der Waals surface area contributed by atoms with Gasteiger partial charge in [-0.05, 0) is 60.2 Å². The number of nitrogens with two attached hydrogens (primary N) is 1. The Morgan fingerprint density at radius 1 is 1.40 bits per heavy atom. The first-order valence-electron chi connectivity index (χ1n) is 6.37. The van der Waals surface area contributed by atoms with Gasteiger partial charge in [-0.2, -0.15) is 0 Å². The molecule has 1 aromatic rings. The fourth-order valence-corrected chi connectivity index (χ4v) is 5.88. The van der Waals surface area contributed by atoms with Crippen molar-refractivity contribution in [2.75, 3.05) is 0 Å². The van der Waals surface area contributed by atoms with Crippen LogP contribution in [0.15, 0.2) is 14.1 Å². The molecule has 1 amide bonds. The van der Waals surface area contributed by atoms with Crippen LogP contribution in [0.25, 0.3) is 0 Å². The Balaban J connectivity index is 2.01. The van der Waals surface area contributed by atoms with Crippen LogP contribution in [0.2, 0.25) is 0 Å². The van der Waals surface area contributed by atoms with E-state index in [0.717, 1.165) is 9.35 Å². The van der Waals surface area contributed by atoms with Crippen molar-refractivity contribution in [1.29, 1.82) is 0 Å². The van der Waals surface area contributed by atoms with Crippen LogP contribution < -0.4 is 10.5 Å². The SMILES string of the molecule is Cc1cc(S(=O)(=O)NC2CCC(C(N)=O)CC2)sc1Br. The molecule has 5 nitrogen and oxygen atoms in total. The molecule has 0 bridgehead atoms. The van der Waals surface area contributed by atoms with Gasteiger partial charge in [-0.1, -0.05) is 0 Å². The molecular formula is C12H17BrN2O3S2. The summed E-state index contributed by atoms with van der Waals surface area (Å²) in [4.78, 5) is 11.1. The van der Waals surface area contributed by atoms with Crippen molar-refractivity contribution in [2.24, 2.45) is 11.7 Å². The Labute approximate surface area is 131 Å². The fourth-order valence-electron chi connectivity index (χ4n) is 2.34. The van der Waals surface area contributed by atoms with Crippen molar-refractivity contribution < 1.29 is 13.2 Å². The summed E-state index contributed by atoms with van der Waals surface area (Å²) in [5, 5.41) is 0. The summed E-state index contributed by atoms with van der Waals surface area (Å²) in [5.41, 5.74) is 6.18. The van der Waals surface area contributed by atoms with Crippen LogP contribution >= 0.6 is 27.3 Å². The van der Waals surface area contributed by atoms with E-state index in [1.807, 2.05) is 6.92 Å². The maximum absolute atomic E-state index is 12.3. The average molecular weight is 381 g/mol. The van der Waals surface area contributed by atoms with E-state index in [0.29, 0.717) is 29.9 Å². The first-order valence-corrected chi connectivity index (χ1v) is 9.46. The van der Waals surface area contributed by atoms with Gasteiger partial charge in [0.1, 0.15) is 4.21 Å². The number of hydrogen-bond donors (Lipinski definition) is 2. The number of rotatable bonds is 4. The fraction of sp³-hybridized carbons (Fsp3) is 0.583. The highest BCUT2D eigenvalue weighted by Gasteiger charge is 2.28. The van der Waals surface area contributed by atoms with Crippen LogP contribution in [-0.2, 0) is 14.8 Å². The molecule has 0 saturated heterocycles. The van der Waals surface area contributed by atoms with E-state index in [2.05, 4.69) is 20.7 Å². The van der Waals surface area contributed by atoms with E-state index in [4.69, 9.17) is 5.73 Å². The lowest BCUT2D eigenvalue weighted by molar-refractivity contribution is -0.122. The van der Waals surface area contributed by atoms with Crippen molar-refractivity contribution in [3.05, 3.63) is 15.4 Å². The molecule has 0 spiro atoms. The molecule has 20 heavy (non-hydrogen) atoms. The van der Waals surface area contributed by atoms with E-state index >= 15 is 0 Å². The van der Waals surface area contributed by atoms with Gasteiger partial charge in [-0.15, -0.1) is 11.3 Å². The molecule has 0 aromatic carbocycles. The minimum Gasteiger partial charge on any atom is -0.369 e. The second-order valence-electron chi connectivity index (χ2n) is 5.09. The molecule has 2 rings (SSSR count). The monoisotopic (exact) mass is 380 g/mol.